The Kier molecular flexibility index (Phi) is 5.99. The third kappa shape index (κ3) is 5.28. The van der Waals surface area contributed by atoms with Crippen LogP contribution in [0.5, 0.6) is 0 Å². The Labute approximate surface area is 126 Å². The summed E-state index contributed by atoms with van der Waals surface area (Å²) in [6.07, 6.45) is -0.148. The molecule has 118 valence electrons. The fourth-order valence-corrected chi connectivity index (χ4v) is 2.70. The molecule has 1 fully saturated rings. The van der Waals surface area contributed by atoms with Crippen molar-refractivity contribution in [1.82, 2.24) is 4.90 Å². The quantitative estimate of drug-likeness (QED) is 0.732. The number of rotatable bonds is 6. The highest BCUT2D eigenvalue weighted by Gasteiger charge is 2.21. The van der Waals surface area contributed by atoms with Crippen molar-refractivity contribution < 1.29 is 14.9 Å². The molecule has 3 atom stereocenters. The Morgan fingerprint density at radius 1 is 1.24 bits per heavy atom. The van der Waals surface area contributed by atoms with E-state index in [-0.39, 0.29) is 18.8 Å². The van der Waals surface area contributed by atoms with Crippen LogP contribution in [-0.4, -0.2) is 59.7 Å². The van der Waals surface area contributed by atoms with Crippen molar-refractivity contribution in [1.29, 1.82) is 0 Å². The minimum Gasteiger partial charge on any atom is -0.394 e. The second-order valence-electron chi connectivity index (χ2n) is 5.87. The molecule has 2 rings (SSSR count). The van der Waals surface area contributed by atoms with Crippen LogP contribution in [0.2, 0.25) is 0 Å². The van der Waals surface area contributed by atoms with Gasteiger partial charge < -0.3 is 20.3 Å². The predicted octanol–water partition coefficient (Wildman–Crippen LogP) is 1.06. The molecule has 0 aliphatic carbocycles. The number of ether oxygens (including phenoxy) is 1. The van der Waals surface area contributed by atoms with E-state index in [1.807, 2.05) is 12.1 Å². The van der Waals surface area contributed by atoms with Crippen LogP contribution >= 0.6 is 0 Å². The number of morpholine rings is 1. The molecule has 1 aliphatic heterocycles. The maximum absolute atomic E-state index is 9.31. The summed E-state index contributed by atoms with van der Waals surface area (Å²) in [4.78, 5) is 2.41. The maximum Gasteiger partial charge on any atom is 0.0942 e. The van der Waals surface area contributed by atoms with Crippen LogP contribution in [0.15, 0.2) is 24.3 Å². The second kappa shape index (κ2) is 7.75. The van der Waals surface area contributed by atoms with E-state index < -0.39 is 6.10 Å². The molecule has 0 aromatic heterocycles. The molecule has 5 heteroatoms. The monoisotopic (exact) mass is 294 g/mol. The van der Waals surface area contributed by atoms with Gasteiger partial charge in [-0.15, -0.1) is 0 Å². The van der Waals surface area contributed by atoms with Gasteiger partial charge in [0.25, 0.3) is 0 Å². The Hall–Kier alpha value is -1.14. The van der Waals surface area contributed by atoms with Gasteiger partial charge >= 0.3 is 0 Å². The van der Waals surface area contributed by atoms with Gasteiger partial charge in [-0.3, -0.25) is 4.90 Å². The first-order chi connectivity index (χ1) is 10.1. The minimum atomic E-state index is -0.721. The highest BCUT2D eigenvalue weighted by molar-refractivity contribution is 5.44. The molecule has 0 spiro atoms. The zero-order valence-electron chi connectivity index (χ0n) is 12.8. The van der Waals surface area contributed by atoms with E-state index in [1.165, 1.54) is 5.56 Å². The van der Waals surface area contributed by atoms with Gasteiger partial charge in [-0.1, -0.05) is 12.1 Å². The van der Waals surface area contributed by atoms with E-state index in [0.29, 0.717) is 6.54 Å². The van der Waals surface area contributed by atoms with Crippen LogP contribution in [0.25, 0.3) is 0 Å². The lowest BCUT2D eigenvalue weighted by atomic mass is 10.1. The lowest BCUT2D eigenvalue weighted by Gasteiger charge is -2.35. The van der Waals surface area contributed by atoms with Crippen molar-refractivity contribution in [2.45, 2.75) is 38.7 Å². The van der Waals surface area contributed by atoms with E-state index in [9.17, 15) is 5.11 Å². The molecule has 0 amide bonds. The van der Waals surface area contributed by atoms with Crippen molar-refractivity contribution >= 4 is 5.69 Å². The van der Waals surface area contributed by atoms with Crippen LogP contribution in [0.3, 0.4) is 0 Å². The Morgan fingerprint density at radius 3 is 2.43 bits per heavy atom. The first-order valence-corrected chi connectivity index (χ1v) is 7.56. The van der Waals surface area contributed by atoms with Gasteiger partial charge in [0.05, 0.1) is 24.9 Å². The Bertz CT molecular complexity index is 414. The number of nitrogens with one attached hydrogen (secondary N) is 1. The summed E-state index contributed by atoms with van der Waals surface area (Å²) in [6, 6.07) is 8.20. The van der Waals surface area contributed by atoms with Crippen molar-refractivity contribution in [3.05, 3.63) is 29.8 Å². The van der Waals surface area contributed by atoms with Gasteiger partial charge in [-0.25, -0.2) is 0 Å². The summed E-state index contributed by atoms with van der Waals surface area (Å²) < 4.78 is 5.74. The number of hydrogen-bond acceptors (Lipinski definition) is 5. The number of benzene rings is 1. The molecule has 1 saturated heterocycles. The third-order valence-electron chi connectivity index (χ3n) is 3.61. The molecule has 0 radical (unpaired) electrons. The molecular weight excluding hydrogens is 268 g/mol. The molecule has 1 heterocycles. The van der Waals surface area contributed by atoms with Gasteiger partial charge in [0.15, 0.2) is 0 Å². The van der Waals surface area contributed by atoms with Crippen molar-refractivity contribution in [3.8, 4) is 0 Å². The fraction of sp³-hybridized carbons (Fsp3) is 0.625. The van der Waals surface area contributed by atoms with E-state index >= 15 is 0 Å². The Morgan fingerprint density at radius 2 is 1.86 bits per heavy atom. The van der Waals surface area contributed by atoms with E-state index in [0.717, 1.165) is 25.3 Å². The normalized spacial score (nSPS) is 24.8. The maximum atomic E-state index is 9.31. The van der Waals surface area contributed by atoms with Gasteiger partial charge in [0.1, 0.15) is 0 Å². The lowest BCUT2D eigenvalue weighted by molar-refractivity contribution is -0.0704. The molecule has 1 aromatic rings. The fourth-order valence-electron chi connectivity index (χ4n) is 2.70. The average Bonchev–Trinajstić information content (AvgIpc) is 2.45. The van der Waals surface area contributed by atoms with Crippen LogP contribution in [0.1, 0.15) is 19.4 Å². The molecule has 3 N–H and O–H groups in total. The molecule has 21 heavy (non-hydrogen) atoms. The number of nitrogens with zero attached hydrogens (tertiary/aromatic N) is 1. The van der Waals surface area contributed by atoms with Gasteiger partial charge in [-0.05, 0) is 31.5 Å². The summed E-state index contributed by atoms with van der Waals surface area (Å²) in [7, 11) is 0. The van der Waals surface area contributed by atoms with Gasteiger partial charge in [0, 0.05) is 31.9 Å². The third-order valence-corrected chi connectivity index (χ3v) is 3.61. The smallest absolute Gasteiger partial charge is 0.0942 e. The van der Waals surface area contributed by atoms with Crippen LogP contribution in [0.4, 0.5) is 5.69 Å². The van der Waals surface area contributed by atoms with E-state index in [1.54, 1.807) is 0 Å². The number of aliphatic hydroxyl groups excluding tert-OH is 2. The number of anilines is 1. The molecule has 3 unspecified atom stereocenters. The first-order valence-electron chi connectivity index (χ1n) is 7.56. The second-order valence-corrected chi connectivity index (χ2v) is 5.87. The van der Waals surface area contributed by atoms with Crippen LogP contribution in [-0.2, 0) is 11.3 Å². The Balaban J connectivity index is 1.84. The first kappa shape index (κ1) is 16.2. The molecule has 1 aromatic carbocycles. The lowest BCUT2D eigenvalue weighted by Crippen LogP contribution is -2.44. The van der Waals surface area contributed by atoms with Crippen molar-refractivity contribution in [2.75, 3.05) is 31.6 Å². The van der Waals surface area contributed by atoms with Crippen molar-refractivity contribution in [2.24, 2.45) is 0 Å². The van der Waals surface area contributed by atoms with E-state index in [4.69, 9.17) is 9.84 Å². The summed E-state index contributed by atoms with van der Waals surface area (Å²) in [5, 5.41) is 21.2. The predicted molar refractivity (Wildman–Crippen MR) is 83.3 cm³/mol. The highest BCUT2D eigenvalue weighted by Crippen LogP contribution is 2.16. The van der Waals surface area contributed by atoms with Gasteiger partial charge in [0.2, 0.25) is 0 Å². The minimum absolute atomic E-state index is 0.224. The summed E-state index contributed by atoms with van der Waals surface area (Å²) in [5.41, 5.74) is 2.22. The largest absolute Gasteiger partial charge is 0.394 e. The number of aliphatic hydroxyl groups is 2. The summed E-state index contributed by atoms with van der Waals surface area (Å²) >= 11 is 0. The zero-order valence-corrected chi connectivity index (χ0v) is 12.8. The topological polar surface area (TPSA) is 65.0 Å². The summed E-state index contributed by atoms with van der Waals surface area (Å²) in [5.74, 6) is 0. The van der Waals surface area contributed by atoms with Crippen LogP contribution < -0.4 is 5.32 Å². The molecule has 0 saturated carbocycles. The standard InChI is InChI=1S/C16H26N2O3/c1-12-8-18(9-13(2)21-12)10-14-3-5-15(6-4-14)17-7-16(20)11-19/h3-6,12-13,16-17,19-20H,7-11H2,1-2H3. The van der Waals surface area contributed by atoms with Gasteiger partial charge in [-0.2, -0.15) is 0 Å². The van der Waals surface area contributed by atoms with E-state index in [2.05, 4.69) is 36.2 Å². The zero-order chi connectivity index (χ0) is 15.2. The average molecular weight is 294 g/mol. The summed E-state index contributed by atoms with van der Waals surface area (Å²) in [6.45, 7) is 7.22. The highest BCUT2D eigenvalue weighted by atomic mass is 16.5. The SMILES string of the molecule is CC1CN(Cc2ccc(NCC(O)CO)cc2)CC(C)O1. The molecule has 5 nitrogen and oxygen atoms in total. The number of hydrogen-bond donors (Lipinski definition) is 3. The molecular formula is C16H26N2O3. The van der Waals surface area contributed by atoms with Crippen molar-refractivity contribution in [3.63, 3.8) is 0 Å². The molecule has 0 bridgehead atoms. The van der Waals surface area contributed by atoms with Crippen LogP contribution in [0, 0.1) is 0 Å². The molecule has 1 aliphatic rings.